The molecule has 2 rings (SSSR count). The predicted octanol–water partition coefficient (Wildman–Crippen LogP) is 0.998. The number of carbonyl (C=O) groups is 1. The van der Waals surface area contributed by atoms with Crippen LogP contribution in [0.3, 0.4) is 0 Å². The van der Waals surface area contributed by atoms with Gasteiger partial charge in [-0.3, -0.25) is 4.79 Å². The molecule has 1 saturated heterocycles. The molecule has 1 aromatic rings. The maximum absolute atomic E-state index is 12.0. The van der Waals surface area contributed by atoms with E-state index in [1.807, 2.05) is 0 Å². The first-order chi connectivity index (χ1) is 8.30. The van der Waals surface area contributed by atoms with Crippen LogP contribution in [0, 0.1) is 0 Å². The Labute approximate surface area is 118 Å². The smallest absolute Gasteiger partial charge is 0.251 e. The number of nitrogens with two attached hydrogens (primary N) is 1. The van der Waals surface area contributed by atoms with Crippen molar-refractivity contribution in [2.45, 2.75) is 18.9 Å². The summed E-state index contributed by atoms with van der Waals surface area (Å²) < 4.78 is 22.9. The summed E-state index contributed by atoms with van der Waals surface area (Å²) in [6, 6.07) is 6.61. The van der Waals surface area contributed by atoms with E-state index >= 15 is 0 Å². The Morgan fingerprint density at radius 2 is 2.11 bits per heavy atom. The van der Waals surface area contributed by atoms with Crippen LogP contribution in [0.5, 0.6) is 0 Å². The average Bonchev–Trinajstić information content (AvgIpc) is 2.52. The number of rotatable bonds is 2. The standard InChI is InChI=1S/C12H16N2O3S.ClH/c1-12(5-6-18(16,17)8-12)14-11(15)9-3-2-4-10(13)7-9;/h2-4,7H,5-6,8,13H2,1H3,(H,14,15);1H. The van der Waals surface area contributed by atoms with Gasteiger partial charge in [-0.15, -0.1) is 12.4 Å². The van der Waals surface area contributed by atoms with Crippen LogP contribution in [0.2, 0.25) is 0 Å². The lowest BCUT2D eigenvalue weighted by atomic mass is 10.0. The highest BCUT2D eigenvalue weighted by atomic mass is 35.5. The molecule has 106 valence electrons. The van der Waals surface area contributed by atoms with E-state index in [0.29, 0.717) is 17.7 Å². The van der Waals surface area contributed by atoms with E-state index in [2.05, 4.69) is 5.32 Å². The zero-order chi connectivity index (χ0) is 13.4. The molecule has 0 radical (unpaired) electrons. The van der Waals surface area contributed by atoms with Gasteiger partial charge in [-0.2, -0.15) is 0 Å². The monoisotopic (exact) mass is 304 g/mol. The minimum absolute atomic E-state index is 0. The van der Waals surface area contributed by atoms with E-state index < -0.39 is 15.4 Å². The molecule has 1 aliphatic heterocycles. The molecule has 0 aromatic heterocycles. The zero-order valence-corrected chi connectivity index (χ0v) is 12.2. The van der Waals surface area contributed by atoms with Crippen LogP contribution in [-0.2, 0) is 9.84 Å². The maximum atomic E-state index is 12.0. The van der Waals surface area contributed by atoms with Crippen molar-refractivity contribution in [3.05, 3.63) is 29.8 Å². The Kier molecular flexibility index (Phi) is 4.47. The molecule has 1 heterocycles. The first-order valence-corrected chi connectivity index (χ1v) is 7.50. The molecule has 19 heavy (non-hydrogen) atoms. The number of halogens is 1. The molecule has 1 amide bonds. The molecule has 0 bridgehead atoms. The highest BCUT2D eigenvalue weighted by molar-refractivity contribution is 7.91. The third-order valence-corrected chi connectivity index (χ3v) is 4.97. The number of hydrogen-bond acceptors (Lipinski definition) is 4. The molecule has 1 aromatic carbocycles. The third-order valence-electron chi connectivity index (χ3n) is 3.07. The zero-order valence-electron chi connectivity index (χ0n) is 10.5. The Hall–Kier alpha value is -1.27. The van der Waals surface area contributed by atoms with Gasteiger partial charge in [0.05, 0.1) is 17.0 Å². The van der Waals surface area contributed by atoms with Gasteiger partial charge in [0.15, 0.2) is 9.84 Å². The van der Waals surface area contributed by atoms with E-state index in [1.165, 1.54) is 0 Å². The molecule has 0 saturated carbocycles. The Morgan fingerprint density at radius 1 is 1.42 bits per heavy atom. The summed E-state index contributed by atoms with van der Waals surface area (Å²) in [5, 5.41) is 2.78. The fourth-order valence-corrected chi connectivity index (χ4v) is 4.23. The SMILES string of the molecule is CC1(NC(=O)c2cccc(N)c2)CCS(=O)(=O)C1.Cl. The van der Waals surface area contributed by atoms with Gasteiger partial charge in [-0.1, -0.05) is 6.07 Å². The lowest BCUT2D eigenvalue weighted by Crippen LogP contribution is -2.46. The average molecular weight is 305 g/mol. The summed E-state index contributed by atoms with van der Waals surface area (Å²) in [4.78, 5) is 12.0. The Balaban J connectivity index is 0.00000180. The first kappa shape index (κ1) is 15.8. The van der Waals surface area contributed by atoms with Gasteiger partial charge in [-0.05, 0) is 31.5 Å². The topological polar surface area (TPSA) is 89.3 Å². The highest BCUT2D eigenvalue weighted by Crippen LogP contribution is 2.23. The molecule has 3 N–H and O–H groups in total. The summed E-state index contributed by atoms with van der Waals surface area (Å²) in [7, 11) is -3.03. The van der Waals surface area contributed by atoms with Crippen molar-refractivity contribution in [3.8, 4) is 0 Å². The summed E-state index contributed by atoms with van der Waals surface area (Å²) in [6.07, 6.45) is 0.448. The number of amides is 1. The highest BCUT2D eigenvalue weighted by Gasteiger charge is 2.39. The van der Waals surface area contributed by atoms with Crippen LogP contribution >= 0.6 is 12.4 Å². The molecular weight excluding hydrogens is 288 g/mol. The third kappa shape index (κ3) is 3.84. The molecule has 1 unspecified atom stereocenters. The van der Waals surface area contributed by atoms with Crippen molar-refractivity contribution in [2.24, 2.45) is 0 Å². The van der Waals surface area contributed by atoms with Crippen LogP contribution in [0.15, 0.2) is 24.3 Å². The van der Waals surface area contributed by atoms with Crippen molar-refractivity contribution < 1.29 is 13.2 Å². The van der Waals surface area contributed by atoms with E-state index in [0.717, 1.165) is 0 Å². The number of hydrogen-bond donors (Lipinski definition) is 2. The largest absolute Gasteiger partial charge is 0.399 e. The van der Waals surface area contributed by atoms with Crippen LogP contribution < -0.4 is 11.1 Å². The first-order valence-electron chi connectivity index (χ1n) is 5.68. The fraction of sp³-hybridized carbons (Fsp3) is 0.417. The summed E-state index contributed by atoms with van der Waals surface area (Å²) >= 11 is 0. The second-order valence-corrected chi connectivity index (χ2v) is 7.17. The Morgan fingerprint density at radius 3 is 2.63 bits per heavy atom. The van der Waals surface area contributed by atoms with Crippen molar-refractivity contribution in [3.63, 3.8) is 0 Å². The summed E-state index contributed by atoms with van der Waals surface area (Å²) in [5.74, 6) is -0.170. The maximum Gasteiger partial charge on any atom is 0.251 e. The van der Waals surface area contributed by atoms with Gasteiger partial charge < -0.3 is 11.1 Å². The molecule has 5 nitrogen and oxygen atoms in total. The van der Waals surface area contributed by atoms with Crippen LogP contribution in [-0.4, -0.2) is 31.4 Å². The van der Waals surface area contributed by atoms with Gasteiger partial charge in [0.1, 0.15) is 0 Å². The second-order valence-electron chi connectivity index (χ2n) is 4.98. The second kappa shape index (κ2) is 5.38. The minimum Gasteiger partial charge on any atom is -0.399 e. The number of nitrogen functional groups attached to an aromatic ring is 1. The molecular formula is C12H17ClN2O3S. The van der Waals surface area contributed by atoms with Gasteiger partial charge in [0.2, 0.25) is 0 Å². The fourth-order valence-electron chi connectivity index (χ4n) is 2.14. The van der Waals surface area contributed by atoms with Gasteiger partial charge in [-0.25, -0.2) is 8.42 Å². The van der Waals surface area contributed by atoms with E-state index in [1.54, 1.807) is 31.2 Å². The molecule has 7 heteroatoms. The van der Waals surface area contributed by atoms with E-state index in [-0.39, 0.29) is 29.8 Å². The van der Waals surface area contributed by atoms with Gasteiger partial charge >= 0.3 is 0 Å². The summed E-state index contributed by atoms with van der Waals surface area (Å²) in [6.45, 7) is 1.75. The number of nitrogens with one attached hydrogen (secondary N) is 1. The van der Waals surface area contributed by atoms with Crippen molar-refractivity contribution in [2.75, 3.05) is 17.2 Å². The summed E-state index contributed by atoms with van der Waals surface area (Å²) in [5.41, 5.74) is 5.88. The number of carbonyl (C=O) groups excluding carboxylic acids is 1. The van der Waals surface area contributed by atoms with Crippen molar-refractivity contribution in [1.82, 2.24) is 5.32 Å². The molecule has 0 spiro atoms. The quantitative estimate of drug-likeness (QED) is 0.798. The normalized spacial score (nSPS) is 24.5. The van der Waals surface area contributed by atoms with Gasteiger partial charge in [0, 0.05) is 11.3 Å². The van der Waals surface area contributed by atoms with Crippen LogP contribution in [0.4, 0.5) is 5.69 Å². The lowest BCUT2D eigenvalue weighted by Gasteiger charge is -2.23. The lowest BCUT2D eigenvalue weighted by molar-refractivity contribution is 0.0915. The van der Waals surface area contributed by atoms with Crippen molar-refractivity contribution >= 4 is 33.8 Å². The molecule has 0 aliphatic carbocycles. The van der Waals surface area contributed by atoms with Crippen molar-refractivity contribution in [1.29, 1.82) is 0 Å². The number of anilines is 1. The van der Waals surface area contributed by atoms with E-state index in [4.69, 9.17) is 5.73 Å². The van der Waals surface area contributed by atoms with E-state index in [9.17, 15) is 13.2 Å². The Bertz CT molecular complexity index is 588. The van der Waals surface area contributed by atoms with Crippen LogP contribution in [0.25, 0.3) is 0 Å². The van der Waals surface area contributed by atoms with Gasteiger partial charge in [0.25, 0.3) is 5.91 Å². The predicted molar refractivity (Wildman–Crippen MR) is 77.2 cm³/mol. The molecule has 1 atom stereocenters. The number of sulfone groups is 1. The molecule has 1 aliphatic rings. The van der Waals surface area contributed by atoms with Crippen LogP contribution in [0.1, 0.15) is 23.7 Å². The number of benzene rings is 1. The minimum atomic E-state index is -3.03. The molecule has 1 fully saturated rings.